The smallest absolute Gasteiger partial charge is 0.281 e. The molecule has 20 heavy (non-hydrogen) atoms. The maximum atomic E-state index is 12.3. The third-order valence-electron chi connectivity index (χ3n) is 2.98. The van der Waals surface area contributed by atoms with Crippen LogP contribution in [0.2, 0.25) is 0 Å². The second-order valence-electron chi connectivity index (χ2n) is 4.67. The van der Waals surface area contributed by atoms with Crippen LogP contribution in [-0.4, -0.2) is 51.3 Å². The lowest BCUT2D eigenvalue weighted by molar-refractivity contribution is 0.385. The van der Waals surface area contributed by atoms with E-state index in [1.807, 2.05) is 31.3 Å². The summed E-state index contributed by atoms with van der Waals surface area (Å²) in [4.78, 5) is 0. The Bertz CT molecular complexity index is 522. The zero-order chi connectivity index (χ0) is 15.2. The lowest BCUT2D eigenvalue weighted by Crippen LogP contribution is -2.40. The van der Waals surface area contributed by atoms with Crippen molar-refractivity contribution >= 4 is 26.1 Å². The van der Waals surface area contributed by atoms with Gasteiger partial charge in [-0.1, -0.05) is 28.1 Å². The highest BCUT2D eigenvalue weighted by molar-refractivity contribution is 9.10. The molecule has 5 nitrogen and oxygen atoms in total. The Morgan fingerprint density at radius 2 is 1.95 bits per heavy atom. The minimum Gasteiger partial charge on any atom is -0.320 e. The van der Waals surface area contributed by atoms with E-state index < -0.39 is 10.2 Å². The van der Waals surface area contributed by atoms with Gasteiger partial charge in [0.25, 0.3) is 10.2 Å². The van der Waals surface area contributed by atoms with E-state index >= 15 is 0 Å². The van der Waals surface area contributed by atoms with E-state index in [-0.39, 0.29) is 0 Å². The average molecular weight is 364 g/mol. The van der Waals surface area contributed by atoms with Crippen molar-refractivity contribution < 1.29 is 8.42 Å². The molecule has 1 rings (SSSR count). The van der Waals surface area contributed by atoms with E-state index in [2.05, 4.69) is 21.2 Å². The topological polar surface area (TPSA) is 52.7 Å². The van der Waals surface area contributed by atoms with Gasteiger partial charge in [-0.05, 0) is 37.7 Å². The minimum absolute atomic E-state index is 0.359. The van der Waals surface area contributed by atoms with Gasteiger partial charge in [-0.3, -0.25) is 0 Å². The number of halogens is 1. The van der Waals surface area contributed by atoms with Crippen LogP contribution in [0.15, 0.2) is 28.7 Å². The summed E-state index contributed by atoms with van der Waals surface area (Å²) in [6, 6.07) is 7.66. The summed E-state index contributed by atoms with van der Waals surface area (Å²) < 4.78 is 28.4. The quantitative estimate of drug-likeness (QED) is 0.714. The molecule has 1 aromatic carbocycles. The molecule has 0 unspecified atom stereocenters. The van der Waals surface area contributed by atoms with E-state index in [1.165, 1.54) is 8.61 Å². The highest BCUT2D eigenvalue weighted by atomic mass is 79.9. The van der Waals surface area contributed by atoms with Gasteiger partial charge in [-0.15, -0.1) is 0 Å². The summed E-state index contributed by atoms with van der Waals surface area (Å²) >= 11 is 3.39. The van der Waals surface area contributed by atoms with Crippen LogP contribution in [0, 0.1) is 0 Å². The molecule has 0 amide bonds. The summed E-state index contributed by atoms with van der Waals surface area (Å²) in [5.41, 5.74) is 0.953. The van der Waals surface area contributed by atoms with E-state index in [9.17, 15) is 8.42 Å². The predicted octanol–water partition coefficient (Wildman–Crippen LogP) is 1.67. The Kier molecular flexibility index (Phi) is 7.11. The van der Waals surface area contributed by atoms with E-state index in [4.69, 9.17) is 0 Å². The molecule has 0 atom stereocenters. The van der Waals surface area contributed by atoms with Crippen molar-refractivity contribution in [2.24, 2.45) is 0 Å². The summed E-state index contributed by atoms with van der Waals surface area (Å²) in [5, 5.41) is 3.01. The van der Waals surface area contributed by atoms with Crippen LogP contribution in [0.4, 0.5) is 0 Å². The van der Waals surface area contributed by atoms with Gasteiger partial charge < -0.3 is 5.32 Å². The predicted molar refractivity (Wildman–Crippen MR) is 85.7 cm³/mol. The van der Waals surface area contributed by atoms with Gasteiger partial charge in [0, 0.05) is 31.7 Å². The van der Waals surface area contributed by atoms with Crippen LogP contribution in [0.5, 0.6) is 0 Å². The highest BCUT2D eigenvalue weighted by Crippen LogP contribution is 2.15. The van der Waals surface area contributed by atoms with Crippen LogP contribution in [0.3, 0.4) is 0 Å². The van der Waals surface area contributed by atoms with Gasteiger partial charge in [-0.2, -0.15) is 17.0 Å². The Hall–Kier alpha value is -0.470. The van der Waals surface area contributed by atoms with Gasteiger partial charge in [-0.25, -0.2) is 0 Å². The zero-order valence-electron chi connectivity index (χ0n) is 12.1. The molecule has 1 N–H and O–H groups in total. The first-order valence-electron chi connectivity index (χ1n) is 6.44. The van der Waals surface area contributed by atoms with Gasteiger partial charge >= 0.3 is 0 Å². The number of rotatable bonds is 8. The van der Waals surface area contributed by atoms with Crippen molar-refractivity contribution in [3.63, 3.8) is 0 Å². The SMILES string of the molecule is CNCCCN(C)S(=O)(=O)N(C)Cc1cccc(Br)c1. The van der Waals surface area contributed by atoms with E-state index in [1.54, 1.807) is 14.1 Å². The molecule has 0 radical (unpaired) electrons. The first kappa shape index (κ1) is 17.6. The third-order valence-corrected chi connectivity index (χ3v) is 5.36. The summed E-state index contributed by atoms with van der Waals surface area (Å²) in [6.45, 7) is 1.67. The van der Waals surface area contributed by atoms with Crippen LogP contribution in [0.25, 0.3) is 0 Å². The molecule has 0 saturated heterocycles. The Labute approximate surface area is 130 Å². The van der Waals surface area contributed by atoms with Crippen molar-refractivity contribution in [2.75, 3.05) is 34.2 Å². The summed E-state index contributed by atoms with van der Waals surface area (Å²) in [5.74, 6) is 0. The second-order valence-corrected chi connectivity index (χ2v) is 7.73. The van der Waals surface area contributed by atoms with Gasteiger partial charge in [0.05, 0.1) is 0 Å². The van der Waals surface area contributed by atoms with Crippen molar-refractivity contribution in [1.29, 1.82) is 0 Å². The van der Waals surface area contributed by atoms with Gasteiger partial charge in [0.2, 0.25) is 0 Å². The maximum absolute atomic E-state index is 12.3. The van der Waals surface area contributed by atoms with Crippen molar-refractivity contribution in [2.45, 2.75) is 13.0 Å². The van der Waals surface area contributed by atoms with Crippen LogP contribution >= 0.6 is 15.9 Å². The Balaban J connectivity index is 2.66. The second kappa shape index (κ2) is 8.09. The minimum atomic E-state index is -3.41. The maximum Gasteiger partial charge on any atom is 0.281 e. The first-order valence-corrected chi connectivity index (χ1v) is 8.63. The number of hydrogen-bond acceptors (Lipinski definition) is 3. The number of benzene rings is 1. The molecule has 0 bridgehead atoms. The Morgan fingerprint density at radius 3 is 2.55 bits per heavy atom. The number of nitrogens with one attached hydrogen (secondary N) is 1. The molecule has 0 saturated carbocycles. The molecular formula is C13H22BrN3O2S. The molecule has 0 aromatic heterocycles. The number of hydrogen-bond donors (Lipinski definition) is 1. The van der Waals surface area contributed by atoms with Gasteiger partial charge in [0.15, 0.2) is 0 Å². The third kappa shape index (κ3) is 5.14. The molecule has 0 aliphatic rings. The Morgan fingerprint density at radius 1 is 1.25 bits per heavy atom. The molecular weight excluding hydrogens is 342 g/mol. The molecule has 7 heteroatoms. The fourth-order valence-electron chi connectivity index (χ4n) is 1.81. The average Bonchev–Trinajstić information content (AvgIpc) is 2.38. The van der Waals surface area contributed by atoms with Crippen molar-refractivity contribution in [3.8, 4) is 0 Å². The van der Waals surface area contributed by atoms with Crippen LogP contribution < -0.4 is 5.32 Å². The van der Waals surface area contributed by atoms with Crippen molar-refractivity contribution in [1.82, 2.24) is 13.9 Å². The van der Waals surface area contributed by atoms with E-state index in [0.29, 0.717) is 13.1 Å². The monoisotopic (exact) mass is 363 g/mol. The molecule has 0 fully saturated rings. The molecule has 1 aromatic rings. The van der Waals surface area contributed by atoms with Crippen LogP contribution in [0.1, 0.15) is 12.0 Å². The molecule has 0 spiro atoms. The fourth-order valence-corrected chi connectivity index (χ4v) is 3.40. The number of nitrogens with zero attached hydrogens (tertiary/aromatic N) is 2. The molecule has 0 heterocycles. The summed E-state index contributed by atoms with van der Waals surface area (Å²) in [7, 11) is 1.66. The molecule has 0 aliphatic carbocycles. The zero-order valence-corrected chi connectivity index (χ0v) is 14.5. The van der Waals surface area contributed by atoms with Crippen molar-refractivity contribution in [3.05, 3.63) is 34.3 Å². The highest BCUT2D eigenvalue weighted by Gasteiger charge is 2.23. The lowest BCUT2D eigenvalue weighted by atomic mass is 10.2. The first-order chi connectivity index (χ1) is 9.37. The standard InChI is InChI=1S/C13H22BrN3O2S/c1-15-8-5-9-16(2)20(18,19)17(3)11-12-6-4-7-13(14)10-12/h4,6-7,10,15H,5,8-9,11H2,1-3H3. The normalized spacial score (nSPS) is 12.3. The molecule has 114 valence electrons. The summed E-state index contributed by atoms with van der Waals surface area (Å²) in [6.07, 6.45) is 0.789. The lowest BCUT2D eigenvalue weighted by Gasteiger charge is -2.24. The largest absolute Gasteiger partial charge is 0.320 e. The fraction of sp³-hybridized carbons (Fsp3) is 0.538. The van der Waals surface area contributed by atoms with Gasteiger partial charge in [0.1, 0.15) is 0 Å². The van der Waals surface area contributed by atoms with E-state index in [0.717, 1.165) is 23.0 Å². The molecule has 0 aliphatic heterocycles. The van der Waals surface area contributed by atoms with Crippen LogP contribution in [-0.2, 0) is 16.8 Å².